The van der Waals surface area contributed by atoms with Gasteiger partial charge < -0.3 is 14.2 Å². The maximum atomic E-state index is 5.40. The molecule has 31 heavy (non-hydrogen) atoms. The van der Waals surface area contributed by atoms with Crippen molar-refractivity contribution >= 4 is 16.7 Å². The second kappa shape index (κ2) is 8.73. The van der Waals surface area contributed by atoms with Gasteiger partial charge in [0.15, 0.2) is 11.6 Å². The van der Waals surface area contributed by atoms with Crippen molar-refractivity contribution in [3.05, 3.63) is 55.6 Å². The van der Waals surface area contributed by atoms with Gasteiger partial charge in [0.05, 0.1) is 13.3 Å². The summed E-state index contributed by atoms with van der Waals surface area (Å²) in [5.41, 5.74) is 2.34. The Hall–Kier alpha value is -3.46. The second-order valence-electron chi connectivity index (χ2n) is 7.72. The lowest BCUT2D eigenvalue weighted by atomic mass is 10.2. The van der Waals surface area contributed by atoms with E-state index in [-0.39, 0.29) is 0 Å². The van der Waals surface area contributed by atoms with Crippen molar-refractivity contribution < 1.29 is 4.74 Å². The lowest BCUT2D eigenvalue weighted by molar-refractivity contribution is 0.249. The fourth-order valence-corrected chi connectivity index (χ4v) is 4.22. The van der Waals surface area contributed by atoms with E-state index in [0.29, 0.717) is 0 Å². The van der Waals surface area contributed by atoms with Gasteiger partial charge in [-0.1, -0.05) is 0 Å². The molecule has 0 radical (unpaired) electrons. The molecule has 0 N–H and O–H groups in total. The van der Waals surface area contributed by atoms with Gasteiger partial charge in [-0.15, -0.1) is 10.2 Å². The molecule has 0 spiro atoms. The Morgan fingerprint density at radius 2 is 1.84 bits per heavy atom. The molecule has 0 aliphatic carbocycles. The Balaban J connectivity index is 1.15. The summed E-state index contributed by atoms with van der Waals surface area (Å²) >= 11 is 0. The minimum Gasteiger partial charge on any atom is -0.491 e. The molecular weight excluding hydrogens is 392 g/mol. The highest BCUT2D eigenvalue weighted by Crippen LogP contribution is 2.25. The molecule has 0 unspecified atom stereocenters. The van der Waals surface area contributed by atoms with Crippen molar-refractivity contribution in [1.29, 1.82) is 0 Å². The summed E-state index contributed by atoms with van der Waals surface area (Å²) in [6.07, 6.45) is 10.1. The summed E-state index contributed by atoms with van der Waals surface area (Å²) in [5.74, 6) is 1.63. The molecule has 0 atom stereocenters. The average Bonchev–Trinajstić information content (AvgIpc) is 3.50. The van der Waals surface area contributed by atoms with E-state index in [4.69, 9.17) is 4.74 Å². The first-order chi connectivity index (χ1) is 15.3. The molecule has 1 aliphatic rings. The third-order valence-corrected chi connectivity index (χ3v) is 5.90. The standard InChI is InChI=1S/C22H26N8O/c1-31-21-14-23-15-24-22(21)29-11-9-27(10-12-29)6-2-7-28-8-5-18-13-19(3-4-20(18)28)30-16-25-26-17-30/h3-5,8,13-17H,2,6-7,9-12H2,1H3. The zero-order valence-electron chi connectivity index (χ0n) is 17.6. The number of ether oxygens (including phenoxy) is 1. The molecule has 9 heteroatoms. The molecule has 4 heterocycles. The second-order valence-corrected chi connectivity index (χ2v) is 7.72. The van der Waals surface area contributed by atoms with Crippen LogP contribution >= 0.6 is 0 Å². The van der Waals surface area contributed by atoms with E-state index >= 15 is 0 Å². The van der Waals surface area contributed by atoms with Gasteiger partial charge in [-0.3, -0.25) is 9.47 Å². The Labute approximate surface area is 180 Å². The molecule has 4 aromatic rings. The number of aromatic nitrogens is 6. The van der Waals surface area contributed by atoms with E-state index in [1.807, 2.05) is 4.57 Å². The smallest absolute Gasteiger partial charge is 0.179 e. The van der Waals surface area contributed by atoms with Crippen LogP contribution in [0.3, 0.4) is 0 Å². The number of benzene rings is 1. The predicted octanol–water partition coefficient (Wildman–Crippen LogP) is 2.23. The Bertz CT molecular complexity index is 1130. The van der Waals surface area contributed by atoms with Crippen LogP contribution in [0.15, 0.2) is 55.6 Å². The first kappa shape index (κ1) is 19.5. The molecule has 0 amide bonds. The molecule has 9 nitrogen and oxygen atoms in total. The van der Waals surface area contributed by atoms with E-state index < -0.39 is 0 Å². The molecular formula is C22H26N8O. The SMILES string of the molecule is COc1cncnc1N1CCN(CCCn2ccc3cc(-n4cnnc4)ccc32)CC1. The largest absolute Gasteiger partial charge is 0.491 e. The number of nitrogens with zero attached hydrogens (tertiary/aromatic N) is 8. The van der Waals surface area contributed by atoms with Crippen LogP contribution in [0.1, 0.15) is 6.42 Å². The molecule has 1 aliphatic heterocycles. The van der Waals surface area contributed by atoms with Crippen LogP contribution in [-0.2, 0) is 6.54 Å². The van der Waals surface area contributed by atoms with E-state index in [9.17, 15) is 0 Å². The number of anilines is 1. The van der Waals surface area contributed by atoms with Gasteiger partial charge in [0.1, 0.15) is 19.0 Å². The maximum absolute atomic E-state index is 5.40. The van der Waals surface area contributed by atoms with E-state index in [1.165, 1.54) is 10.9 Å². The molecule has 1 saturated heterocycles. The van der Waals surface area contributed by atoms with Gasteiger partial charge in [-0.2, -0.15) is 0 Å². The minimum absolute atomic E-state index is 0.739. The Morgan fingerprint density at radius 1 is 1.00 bits per heavy atom. The highest BCUT2D eigenvalue weighted by molar-refractivity contribution is 5.82. The van der Waals surface area contributed by atoms with E-state index in [2.05, 4.69) is 65.0 Å². The zero-order valence-corrected chi connectivity index (χ0v) is 17.6. The fraction of sp³-hybridized carbons (Fsp3) is 0.364. The van der Waals surface area contributed by atoms with E-state index in [0.717, 1.165) is 62.9 Å². The van der Waals surface area contributed by atoms with Crippen molar-refractivity contribution in [2.75, 3.05) is 44.7 Å². The summed E-state index contributed by atoms with van der Waals surface area (Å²) in [6, 6.07) is 8.65. The molecule has 0 bridgehead atoms. The summed E-state index contributed by atoms with van der Waals surface area (Å²) in [7, 11) is 1.67. The van der Waals surface area contributed by atoms with Gasteiger partial charge in [-0.05, 0) is 37.2 Å². The number of piperazine rings is 1. The van der Waals surface area contributed by atoms with Gasteiger partial charge in [0, 0.05) is 55.5 Å². The summed E-state index contributed by atoms with van der Waals surface area (Å²) in [6.45, 7) is 6.06. The van der Waals surface area contributed by atoms with Crippen LogP contribution in [0.25, 0.3) is 16.6 Å². The van der Waals surface area contributed by atoms with Crippen LogP contribution in [0, 0.1) is 0 Å². The monoisotopic (exact) mass is 418 g/mol. The lowest BCUT2D eigenvalue weighted by Gasteiger charge is -2.35. The Kier molecular flexibility index (Phi) is 5.49. The number of methoxy groups -OCH3 is 1. The van der Waals surface area contributed by atoms with Crippen LogP contribution in [-0.4, -0.2) is 74.0 Å². The topological polar surface area (TPSA) is 77.1 Å². The number of hydrogen-bond acceptors (Lipinski definition) is 7. The minimum atomic E-state index is 0.739. The Morgan fingerprint density at radius 3 is 2.65 bits per heavy atom. The van der Waals surface area contributed by atoms with Crippen molar-refractivity contribution in [1.82, 2.24) is 34.2 Å². The van der Waals surface area contributed by atoms with Gasteiger partial charge in [0.2, 0.25) is 0 Å². The van der Waals surface area contributed by atoms with Crippen LogP contribution in [0.4, 0.5) is 5.82 Å². The number of aryl methyl sites for hydroxylation is 1. The number of hydrogen-bond donors (Lipinski definition) is 0. The number of fused-ring (bicyclic) bond motifs is 1. The quantitative estimate of drug-likeness (QED) is 0.455. The maximum Gasteiger partial charge on any atom is 0.179 e. The van der Waals surface area contributed by atoms with Crippen molar-refractivity contribution in [2.24, 2.45) is 0 Å². The zero-order chi connectivity index (χ0) is 21.0. The first-order valence-electron chi connectivity index (χ1n) is 10.6. The van der Waals surface area contributed by atoms with Crippen LogP contribution < -0.4 is 9.64 Å². The average molecular weight is 419 g/mol. The molecule has 0 saturated carbocycles. The van der Waals surface area contributed by atoms with Gasteiger partial charge in [-0.25, -0.2) is 9.97 Å². The third-order valence-electron chi connectivity index (χ3n) is 5.90. The summed E-state index contributed by atoms with van der Waals surface area (Å²) in [4.78, 5) is 13.3. The molecule has 1 aromatic carbocycles. The highest BCUT2D eigenvalue weighted by Gasteiger charge is 2.20. The van der Waals surface area contributed by atoms with Crippen molar-refractivity contribution in [3.8, 4) is 11.4 Å². The molecule has 3 aromatic heterocycles. The van der Waals surface area contributed by atoms with Crippen LogP contribution in [0.5, 0.6) is 5.75 Å². The summed E-state index contributed by atoms with van der Waals surface area (Å²) < 4.78 is 9.67. The lowest BCUT2D eigenvalue weighted by Crippen LogP contribution is -2.47. The predicted molar refractivity (Wildman–Crippen MR) is 119 cm³/mol. The number of rotatable bonds is 7. The third kappa shape index (κ3) is 4.09. The molecule has 5 rings (SSSR count). The van der Waals surface area contributed by atoms with E-state index in [1.54, 1.807) is 32.3 Å². The summed E-state index contributed by atoms with van der Waals surface area (Å²) in [5, 5.41) is 9.01. The normalized spacial score (nSPS) is 14.9. The van der Waals surface area contributed by atoms with Crippen LogP contribution in [0.2, 0.25) is 0 Å². The highest BCUT2D eigenvalue weighted by atomic mass is 16.5. The molecule has 160 valence electrons. The van der Waals surface area contributed by atoms with Crippen molar-refractivity contribution in [3.63, 3.8) is 0 Å². The first-order valence-corrected chi connectivity index (χ1v) is 10.6. The van der Waals surface area contributed by atoms with Crippen molar-refractivity contribution in [2.45, 2.75) is 13.0 Å². The van der Waals surface area contributed by atoms with Gasteiger partial charge in [0.25, 0.3) is 0 Å². The van der Waals surface area contributed by atoms with Gasteiger partial charge >= 0.3 is 0 Å². The molecule has 1 fully saturated rings. The fourth-order valence-electron chi connectivity index (χ4n) is 4.22.